The van der Waals surface area contributed by atoms with E-state index in [-0.39, 0.29) is 11.7 Å². The molecule has 1 aromatic carbocycles. The number of piperidine rings is 1. The lowest BCUT2D eigenvalue weighted by molar-refractivity contribution is 0.0263. The molecule has 0 atom stereocenters. The average Bonchev–Trinajstić information content (AvgIpc) is 2.98. The summed E-state index contributed by atoms with van der Waals surface area (Å²) >= 11 is 6.12. The molecule has 0 spiro atoms. The summed E-state index contributed by atoms with van der Waals surface area (Å²) in [5.41, 5.74) is 2.12. The van der Waals surface area contributed by atoms with Gasteiger partial charge >= 0.3 is 5.69 Å². The lowest BCUT2D eigenvalue weighted by atomic mass is 9.76. The van der Waals surface area contributed by atoms with Crippen molar-refractivity contribution in [3.8, 4) is 6.07 Å². The highest BCUT2D eigenvalue weighted by molar-refractivity contribution is 6.32. The Hall–Kier alpha value is -1.77. The number of hydrogen-bond acceptors (Lipinski definition) is 3. The van der Waals surface area contributed by atoms with Crippen molar-refractivity contribution >= 4 is 22.6 Å². The molecule has 1 saturated carbocycles. The summed E-state index contributed by atoms with van der Waals surface area (Å²) in [5, 5.41) is 9.66. The third-order valence-corrected chi connectivity index (χ3v) is 7.18. The number of hydrogen-bond donors (Lipinski definition) is 1. The fraction of sp³-hybridized carbons (Fsp3) is 0.619. The summed E-state index contributed by atoms with van der Waals surface area (Å²) in [6, 6.07) is 5.71. The van der Waals surface area contributed by atoms with Crippen LogP contribution in [0.15, 0.2) is 16.9 Å². The minimum atomic E-state index is -0.104. The Morgan fingerprint density at radius 3 is 2.52 bits per heavy atom. The van der Waals surface area contributed by atoms with Crippen molar-refractivity contribution in [3.63, 3.8) is 0 Å². The fourth-order valence-corrected chi connectivity index (χ4v) is 5.16. The maximum absolute atomic E-state index is 12.6. The van der Waals surface area contributed by atoms with Gasteiger partial charge in [-0.15, -0.1) is 0 Å². The molecule has 1 aliphatic carbocycles. The van der Waals surface area contributed by atoms with Gasteiger partial charge in [-0.25, -0.2) is 4.79 Å². The summed E-state index contributed by atoms with van der Waals surface area (Å²) in [4.78, 5) is 18.1. The predicted molar refractivity (Wildman–Crippen MR) is 108 cm³/mol. The molecule has 2 heterocycles. The second-order valence-electron chi connectivity index (χ2n) is 8.66. The quantitative estimate of drug-likeness (QED) is 0.828. The Bertz CT molecular complexity index is 937. The predicted octanol–water partition coefficient (Wildman–Crippen LogP) is 4.46. The third-order valence-electron chi connectivity index (χ3n) is 6.87. The van der Waals surface area contributed by atoms with Gasteiger partial charge in [0, 0.05) is 24.7 Å². The summed E-state index contributed by atoms with van der Waals surface area (Å²) in [7, 11) is 0. The van der Waals surface area contributed by atoms with Gasteiger partial charge in [-0.3, -0.25) is 9.47 Å². The molecular formula is C21H27ClN4O. The molecule has 0 radical (unpaired) electrons. The van der Waals surface area contributed by atoms with E-state index in [0.717, 1.165) is 37.4 Å². The smallest absolute Gasteiger partial charge is 0.305 e. The van der Waals surface area contributed by atoms with Gasteiger partial charge in [0.05, 0.1) is 21.6 Å². The van der Waals surface area contributed by atoms with Crippen LogP contribution in [-0.2, 0) is 0 Å². The Labute approximate surface area is 164 Å². The van der Waals surface area contributed by atoms with Crippen molar-refractivity contribution in [3.05, 3.63) is 33.2 Å². The van der Waals surface area contributed by atoms with Gasteiger partial charge in [-0.05, 0) is 63.5 Å². The van der Waals surface area contributed by atoms with Crippen molar-refractivity contribution in [1.29, 1.82) is 5.26 Å². The summed E-state index contributed by atoms with van der Waals surface area (Å²) in [5.74, 6) is 0.849. The number of fused-ring (bicyclic) bond motifs is 1. The molecule has 0 unspecified atom stereocenters. The first-order valence-corrected chi connectivity index (χ1v) is 10.4. The van der Waals surface area contributed by atoms with Crippen LogP contribution in [0.4, 0.5) is 0 Å². The van der Waals surface area contributed by atoms with Gasteiger partial charge in [-0.1, -0.05) is 18.5 Å². The highest BCUT2D eigenvalue weighted by Crippen LogP contribution is 2.39. The molecule has 1 aliphatic heterocycles. The number of nitrogens with one attached hydrogen (secondary N) is 1. The molecule has 2 aliphatic rings. The lowest BCUT2D eigenvalue weighted by Crippen LogP contribution is -2.52. The van der Waals surface area contributed by atoms with Crippen molar-refractivity contribution in [1.82, 2.24) is 14.5 Å². The molecule has 0 amide bonds. The molecular weight excluding hydrogens is 360 g/mol. The number of H-pyrrole nitrogens is 1. The van der Waals surface area contributed by atoms with Crippen LogP contribution in [0.5, 0.6) is 0 Å². The van der Waals surface area contributed by atoms with E-state index in [1.54, 1.807) is 12.1 Å². The number of likely N-dealkylation sites (tertiary alicyclic amines) is 1. The second kappa shape index (κ2) is 7.00. The monoisotopic (exact) mass is 386 g/mol. The van der Waals surface area contributed by atoms with Gasteiger partial charge in [0.25, 0.3) is 0 Å². The number of aromatic nitrogens is 2. The van der Waals surface area contributed by atoms with E-state index < -0.39 is 0 Å². The molecule has 144 valence electrons. The molecule has 2 aromatic rings. The van der Waals surface area contributed by atoms with Crippen LogP contribution in [0, 0.1) is 17.2 Å². The maximum Gasteiger partial charge on any atom is 0.326 e. The van der Waals surface area contributed by atoms with E-state index in [9.17, 15) is 10.1 Å². The van der Waals surface area contributed by atoms with Crippen molar-refractivity contribution < 1.29 is 0 Å². The molecule has 1 saturated heterocycles. The molecule has 6 heteroatoms. The standard InChI is InChI=1S/C21H27ClN4O/c1-14-3-7-21(2,8-4-14)25-9-5-16(6-10-25)26-19-11-15(13-23)17(22)12-18(19)24-20(26)27/h11-12,14,16H,3-10H2,1-2H3,(H,24,27). The largest absolute Gasteiger partial charge is 0.326 e. The highest BCUT2D eigenvalue weighted by Gasteiger charge is 2.37. The normalized spacial score (nSPS) is 27.7. The lowest BCUT2D eigenvalue weighted by Gasteiger charge is -2.48. The molecule has 1 N–H and O–H groups in total. The number of aromatic amines is 1. The van der Waals surface area contributed by atoms with Crippen LogP contribution in [0.3, 0.4) is 0 Å². The van der Waals surface area contributed by atoms with Gasteiger partial charge in [0.15, 0.2) is 0 Å². The molecule has 2 fully saturated rings. The van der Waals surface area contributed by atoms with E-state index in [0.29, 0.717) is 21.6 Å². The zero-order valence-electron chi connectivity index (χ0n) is 16.1. The molecule has 4 rings (SSSR count). The first kappa shape index (κ1) is 18.6. The Morgan fingerprint density at radius 1 is 1.22 bits per heavy atom. The van der Waals surface area contributed by atoms with E-state index in [4.69, 9.17) is 11.6 Å². The second-order valence-corrected chi connectivity index (χ2v) is 9.07. The maximum atomic E-state index is 12.6. The first-order valence-electron chi connectivity index (χ1n) is 10.0. The zero-order valence-corrected chi connectivity index (χ0v) is 16.9. The molecule has 27 heavy (non-hydrogen) atoms. The van der Waals surface area contributed by atoms with Crippen LogP contribution in [0.25, 0.3) is 11.0 Å². The molecule has 0 bridgehead atoms. The minimum absolute atomic E-state index is 0.104. The Kier molecular flexibility index (Phi) is 4.82. The van der Waals surface area contributed by atoms with Gasteiger partial charge < -0.3 is 4.98 Å². The van der Waals surface area contributed by atoms with Gasteiger partial charge in [-0.2, -0.15) is 5.26 Å². The highest BCUT2D eigenvalue weighted by atomic mass is 35.5. The van der Waals surface area contributed by atoms with Crippen molar-refractivity contribution in [2.75, 3.05) is 13.1 Å². The average molecular weight is 387 g/mol. The number of rotatable bonds is 2. The number of nitrogens with zero attached hydrogens (tertiary/aromatic N) is 3. The summed E-state index contributed by atoms with van der Waals surface area (Å²) < 4.78 is 1.84. The Balaban J connectivity index is 1.56. The van der Waals surface area contributed by atoms with Crippen LogP contribution in [-0.4, -0.2) is 33.1 Å². The van der Waals surface area contributed by atoms with E-state index in [1.165, 1.54) is 25.7 Å². The summed E-state index contributed by atoms with van der Waals surface area (Å²) in [6.07, 6.45) is 7.10. The van der Waals surface area contributed by atoms with E-state index >= 15 is 0 Å². The van der Waals surface area contributed by atoms with E-state index in [2.05, 4.69) is 29.8 Å². The van der Waals surface area contributed by atoms with Gasteiger partial charge in [0.2, 0.25) is 0 Å². The van der Waals surface area contributed by atoms with Crippen LogP contribution >= 0.6 is 11.6 Å². The van der Waals surface area contributed by atoms with Crippen LogP contribution < -0.4 is 5.69 Å². The van der Waals surface area contributed by atoms with Crippen LogP contribution in [0.2, 0.25) is 5.02 Å². The number of benzene rings is 1. The summed E-state index contributed by atoms with van der Waals surface area (Å²) in [6.45, 7) is 6.82. The molecule has 1 aromatic heterocycles. The third kappa shape index (κ3) is 3.30. The number of nitriles is 1. The van der Waals surface area contributed by atoms with Gasteiger partial charge in [0.1, 0.15) is 6.07 Å². The Morgan fingerprint density at radius 2 is 1.89 bits per heavy atom. The number of imidazole rings is 1. The number of halogens is 1. The first-order chi connectivity index (χ1) is 12.9. The van der Waals surface area contributed by atoms with Crippen LogP contribution in [0.1, 0.15) is 64.0 Å². The zero-order chi connectivity index (χ0) is 19.2. The van der Waals surface area contributed by atoms with E-state index in [1.807, 2.05) is 4.57 Å². The fourth-order valence-electron chi connectivity index (χ4n) is 4.96. The van der Waals surface area contributed by atoms with Crippen molar-refractivity contribution in [2.24, 2.45) is 5.92 Å². The minimum Gasteiger partial charge on any atom is -0.305 e. The molecule has 5 nitrogen and oxygen atoms in total. The topological polar surface area (TPSA) is 64.8 Å². The SMILES string of the molecule is CC1CCC(C)(N2CCC(n3c(=O)[nH]c4cc(Cl)c(C#N)cc43)CC2)CC1. The van der Waals surface area contributed by atoms with Crippen molar-refractivity contribution in [2.45, 2.75) is 64.0 Å².